The first kappa shape index (κ1) is 15.0. The zero-order valence-corrected chi connectivity index (χ0v) is 12.6. The van der Waals surface area contributed by atoms with Gasteiger partial charge >= 0.3 is 0 Å². The second-order valence-electron chi connectivity index (χ2n) is 4.31. The highest BCUT2D eigenvalue weighted by Gasteiger charge is 2.10. The van der Waals surface area contributed by atoms with Crippen molar-refractivity contribution in [2.24, 2.45) is 0 Å². The smallest absolute Gasteiger partial charge is 0.184 e. The average Bonchev–Trinajstić information content (AvgIpc) is 2.53. The van der Waals surface area contributed by atoms with E-state index in [9.17, 15) is 0 Å². The molecule has 0 atom stereocenters. The summed E-state index contributed by atoms with van der Waals surface area (Å²) in [5.74, 6) is 2.16. The molecule has 1 aromatic heterocycles. The molecular weight excluding hydrogens is 268 g/mol. The van der Waals surface area contributed by atoms with Crippen LogP contribution in [0.4, 0.5) is 5.69 Å². The summed E-state index contributed by atoms with van der Waals surface area (Å²) < 4.78 is 16.1. The van der Waals surface area contributed by atoms with Crippen LogP contribution in [0.1, 0.15) is 12.6 Å². The van der Waals surface area contributed by atoms with E-state index in [-0.39, 0.29) is 0 Å². The highest BCUT2D eigenvalue weighted by atomic mass is 16.5. The number of ether oxygens (including phenoxy) is 3. The van der Waals surface area contributed by atoms with E-state index >= 15 is 0 Å². The summed E-state index contributed by atoms with van der Waals surface area (Å²) in [6.07, 6.45) is 1.70. The maximum absolute atomic E-state index is 5.48. The summed E-state index contributed by atoms with van der Waals surface area (Å²) in [6, 6.07) is 9.59. The number of pyridine rings is 1. The van der Waals surface area contributed by atoms with Crippen molar-refractivity contribution in [3.05, 3.63) is 42.2 Å². The van der Waals surface area contributed by atoms with Crippen LogP contribution in [0.25, 0.3) is 0 Å². The Morgan fingerprint density at radius 1 is 1.14 bits per heavy atom. The van der Waals surface area contributed by atoms with Crippen LogP contribution >= 0.6 is 0 Å². The molecule has 0 spiro atoms. The molecule has 0 aliphatic carbocycles. The van der Waals surface area contributed by atoms with E-state index < -0.39 is 0 Å². The zero-order valence-electron chi connectivity index (χ0n) is 12.6. The molecule has 2 aromatic rings. The van der Waals surface area contributed by atoms with Gasteiger partial charge < -0.3 is 19.5 Å². The van der Waals surface area contributed by atoms with E-state index in [0.717, 1.165) is 17.1 Å². The summed E-state index contributed by atoms with van der Waals surface area (Å²) >= 11 is 0. The van der Waals surface area contributed by atoms with Gasteiger partial charge in [-0.25, -0.2) is 0 Å². The third-order valence-electron chi connectivity index (χ3n) is 2.97. The molecule has 0 aliphatic heterocycles. The Morgan fingerprint density at radius 3 is 2.71 bits per heavy atom. The number of aromatic nitrogens is 1. The second-order valence-corrected chi connectivity index (χ2v) is 4.31. The van der Waals surface area contributed by atoms with Crippen LogP contribution in [-0.4, -0.2) is 25.8 Å². The fourth-order valence-corrected chi connectivity index (χ4v) is 2.02. The highest BCUT2D eigenvalue weighted by Crippen LogP contribution is 2.29. The quantitative estimate of drug-likeness (QED) is 0.848. The van der Waals surface area contributed by atoms with E-state index in [1.165, 1.54) is 0 Å². The van der Waals surface area contributed by atoms with Crippen LogP contribution in [0.15, 0.2) is 36.5 Å². The lowest BCUT2D eigenvalue weighted by Gasteiger charge is -2.13. The van der Waals surface area contributed by atoms with E-state index in [2.05, 4.69) is 10.3 Å². The predicted octanol–water partition coefficient (Wildman–Crippen LogP) is 3.11. The summed E-state index contributed by atoms with van der Waals surface area (Å²) in [6.45, 7) is 3.15. The first-order chi connectivity index (χ1) is 10.3. The monoisotopic (exact) mass is 288 g/mol. The van der Waals surface area contributed by atoms with Gasteiger partial charge in [-0.05, 0) is 19.1 Å². The molecule has 5 nitrogen and oxygen atoms in total. The minimum Gasteiger partial charge on any atom is -0.494 e. The number of hydrogen-bond donors (Lipinski definition) is 1. The zero-order chi connectivity index (χ0) is 15.1. The number of benzene rings is 1. The summed E-state index contributed by atoms with van der Waals surface area (Å²) in [7, 11) is 3.22. The second kappa shape index (κ2) is 7.38. The maximum atomic E-state index is 5.48. The normalized spacial score (nSPS) is 10.0. The Kier molecular flexibility index (Phi) is 5.26. The Hall–Kier alpha value is -2.43. The molecule has 2 rings (SSSR count). The number of nitrogens with zero attached hydrogens (tertiary/aromatic N) is 1. The van der Waals surface area contributed by atoms with Gasteiger partial charge in [0.05, 0.1) is 27.4 Å². The topological polar surface area (TPSA) is 52.6 Å². The van der Waals surface area contributed by atoms with Crippen molar-refractivity contribution in [1.82, 2.24) is 4.98 Å². The first-order valence-corrected chi connectivity index (χ1v) is 6.81. The molecule has 0 unspecified atom stereocenters. The van der Waals surface area contributed by atoms with E-state index in [0.29, 0.717) is 24.7 Å². The van der Waals surface area contributed by atoms with Crippen LogP contribution in [-0.2, 0) is 6.54 Å². The molecule has 1 heterocycles. The maximum Gasteiger partial charge on any atom is 0.184 e. The molecule has 0 aliphatic rings. The van der Waals surface area contributed by atoms with Crippen molar-refractivity contribution in [2.45, 2.75) is 13.5 Å². The lowest BCUT2D eigenvalue weighted by molar-refractivity contribution is 0.340. The number of nitrogens with one attached hydrogen (secondary N) is 1. The van der Waals surface area contributed by atoms with Crippen molar-refractivity contribution in [3.63, 3.8) is 0 Å². The third kappa shape index (κ3) is 3.78. The molecule has 21 heavy (non-hydrogen) atoms. The predicted molar refractivity (Wildman–Crippen MR) is 82.3 cm³/mol. The van der Waals surface area contributed by atoms with Crippen molar-refractivity contribution in [1.29, 1.82) is 0 Å². The molecular formula is C16H20N2O3. The van der Waals surface area contributed by atoms with Crippen molar-refractivity contribution in [2.75, 3.05) is 26.1 Å². The Morgan fingerprint density at radius 2 is 2.00 bits per heavy atom. The summed E-state index contributed by atoms with van der Waals surface area (Å²) in [4.78, 5) is 4.33. The molecule has 1 N–H and O–H groups in total. The fraction of sp³-hybridized carbons (Fsp3) is 0.312. The lowest BCUT2D eigenvalue weighted by Crippen LogP contribution is -2.05. The molecule has 0 amide bonds. The van der Waals surface area contributed by atoms with Gasteiger partial charge in [-0.15, -0.1) is 0 Å². The molecule has 0 radical (unpaired) electrons. The Balaban J connectivity index is 2.11. The minimum atomic E-state index is 0.538. The molecule has 0 bridgehead atoms. The van der Waals surface area contributed by atoms with Crippen molar-refractivity contribution < 1.29 is 14.2 Å². The van der Waals surface area contributed by atoms with Gasteiger partial charge in [0.15, 0.2) is 11.5 Å². The number of methoxy groups -OCH3 is 2. The molecule has 0 saturated heterocycles. The van der Waals surface area contributed by atoms with Gasteiger partial charge in [0, 0.05) is 24.0 Å². The van der Waals surface area contributed by atoms with Crippen LogP contribution < -0.4 is 19.5 Å². The third-order valence-corrected chi connectivity index (χ3v) is 2.97. The average molecular weight is 288 g/mol. The Bertz CT molecular complexity index is 587. The largest absolute Gasteiger partial charge is 0.494 e. The van der Waals surface area contributed by atoms with Gasteiger partial charge in [-0.1, -0.05) is 6.07 Å². The first-order valence-electron chi connectivity index (χ1n) is 6.81. The van der Waals surface area contributed by atoms with Gasteiger partial charge in [0.2, 0.25) is 0 Å². The molecule has 5 heteroatoms. The number of hydrogen-bond acceptors (Lipinski definition) is 5. The number of rotatable bonds is 7. The van der Waals surface area contributed by atoms with Crippen molar-refractivity contribution in [3.8, 4) is 17.2 Å². The lowest BCUT2D eigenvalue weighted by atomic mass is 10.2. The van der Waals surface area contributed by atoms with Crippen molar-refractivity contribution >= 4 is 5.69 Å². The van der Waals surface area contributed by atoms with Gasteiger partial charge in [0.1, 0.15) is 11.4 Å². The van der Waals surface area contributed by atoms with E-state index in [4.69, 9.17) is 14.2 Å². The summed E-state index contributed by atoms with van der Waals surface area (Å²) in [5.41, 5.74) is 1.76. The standard InChI is InChI=1S/C16H20N2O3/c1-4-21-13-7-5-6-12(10-13)18-11-14-16(20-3)15(19-2)8-9-17-14/h5-10,18H,4,11H2,1-3H3. The van der Waals surface area contributed by atoms with Gasteiger partial charge in [-0.3, -0.25) is 4.98 Å². The Labute approximate surface area is 124 Å². The SMILES string of the molecule is CCOc1cccc(NCc2nccc(OC)c2OC)c1. The number of anilines is 1. The van der Waals surface area contributed by atoms with Crippen LogP contribution in [0.3, 0.4) is 0 Å². The molecule has 0 saturated carbocycles. The van der Waals surface area contributed by atoms with Gasteiger partial charge in [-0.2, -0.15) is 0 Å². The molecule has 0 fully saturated rings. The summed E-state index contributed by atoms with van der Waals surface area (Å²) in [5, 5.41) is 3.31. The minimum absolute atomic E-state index is 0.538. The van der Waals surface area contributed by atoms with E-state index in [1.54, 1.807) is 26.5 Å². The van der Waals surface area contributed by atoms with Crippen LogP contribution in [0.5, 0.6) is 17.2 Å². The van der Waals surface area contributed by atoms with Gasteiger partial charge in [0.25, 0.3) is 0 Å². The van der Waals surface area contributed by atoms with E-state index in [1.807, 2.05) is 31.2 Å². The fourth-order valence-electron chi connectivity index (χ4n) is 2.02. The highest BCUT2D eigenvalue weighted by molar-refractivity contribution is 5.50. The molecule has 112 valence electrons. The van der Waals surface area contributed by atoms with Crippen LogP contribution in [0.2, 0.25) is 0 Å². The molecule has 1 aromatic carbocycles. The van der Waals surface area contributed by atoms with Crippen LogP contribution in [0, 0.1) is 0 Å².